The third kappa shape index (κ3) is 3.78. The van der Waals surface area contributed by atoms with Crippen molar-refractivity contribution in [2.45, 2.75) is 6.92 Å². The molecular formula is C19H16ClN3O2. The van der Waals surface area contributed by atoms with Gasteiger partial charge >= 0.3 is 0 Å². The van der Waals surface area contributed by atoms with E-state index >= 15 is 0 Å². The Morgan fingerprint density at radius 2 is 1.68 bits per heavy atom. The molecule has 3 aromatic rings. The molecule has 0 aliphatic carbocycles. The number of benzene rings is 2. The van der Waals surface area contributed by atoms with Gasteiger partial charge in [-0.05, 0) is 55.0 Å². The van der Waals surface area contributed by atoms with Crippen molar-refractivity contribution in [3.05, 3.63) is 70.9 Å². The maximum atomic E-state index is 12.4. The van der Waals surface area contributed by atoms with E-state index < -0.39 is 0 Å². The Morgan fingerprint density at radius 1 is 1.04 bits per heavy atom. The molecule has 0 radical (unpaired) electrons. The SMILES string of the molecule is CC(=O)c1ccc(NC(=O)c2cc(-c3ccc(Cl)cc3)n(C)n2)cc1. The molecule has 1 N–H and O–H groups in total. The van der Waals surface area contributed by atoms with Gasteiger partial charge in [-0.2, -0.15) is 5.10 Å². The number of ketones is 1. The molecule has 0 aliphatic heterocycles. The zero-order valence-electron chi connectivity index (χ0n) is 13.8. The molecule has 0 fully saturated rings. The Kier molecular flexibility index (Phi) is 4.67. The quantitative estimate of drug-likeness (QED) is 0.715. The third-order valence-electron chi connectivity index (χ3n) is 3.80. The molecular weight excluding hydrogens is 338 g/mol. The Labute approximate surface area is 150 Å². The number of hydrogen-bond acceptors (Lipinski definition) is 3. The van der Waals surface area contributed by atoms with Crippen molar-refractivity contribution in [3.63, 3.8) is 0 Å². The number of rotatable bonds is 4. The predicted octanol–water partition coefficient (Wildman–Crippen LogP) is 4.20. The number of Topliss-reactive ketones (excluding diaryl/α,β-unsaturated/α-hetero) is 1. The van der Waals surface area contributed by atoms with Crippen molar-refractivity contribution in [2.75, 3.05) is 5.32 Å². The van der Waals surface area contributed by atoms with Crippen molar-refractivity contribution < 1.29 is 9.59 Å². The van der Waals surface area contributed by atoms with E-state index in [1.807, 2.05) is 12.1 Å². The topological polar surface area (TPSA) is 64.0 Å². The average molecular weight is 354 g/mol. The summed E-state index contributed by atoms with van der Waals surface area (Å²) in [5.74, 6) is -0.332. The summed E-state index contributed by atoms with van der Waals surface area (Å²) in [6, 6.07) is 15.8. The lowest BCUT2D eigenvalue weighted by molar-refractivity contribution is 0.101. The van der Waals surface area contributed by atoms with Gasteiger partial charge in [-0.15, -0.1) is 0 Å². The van der Waals surface area contributed by atoms with E-state index in [9.17, 15) is 9.59 Å². The summed E-state index contributed by atoms with van der Waals surface area (Å²) in [6.45, 7) is 1.50. The molecule has 5 nitrogen and oxygen atoms in total. The number of carbonyl (C=O) groups excluding carboxylic acids is 2. The molecule has 3 rings (SSSR count). The van der Waals surface area contributed by atoms with Crippen LogP contribution in [0, 0.1) is 0 Å². The summed E-state index contributed by atoms with van der Waals surface area (Å²) >= 11 is 5.91. The van der Waals surface area contributed by atoms with Crippen LogP contribution in [0.5, 0.6) is 0 Å². The van der Waals surface area contributed by atoms with Gasteiger partial charge in [0.25, 0.3) is 5.91 Å². The average Bonchev–Trinajstić information content (AvgIpc) is 2.98. The Morgan fingerprint density at radius 3 is 2.28 bits per heavy atom. The second-order valence-corrected chi connectivity index (χ2v) is 6.07. The molecule has 0 saturated carbocycles. The van der Waals surface area contributed by atoms with Crippen molar-refractivity contribution in [1.82, 2.24) is 9.78 Å². The molecule has 126 valence electrons. The number of hydrogen-bond donors (Lipinski definition) is 1. The number of anilines is 1. The molecule has 0 aliphatic rings. The first-order valence-corrected chi connectivity index (χ1v) is 8.04. The summed E-state index contributed by atoms with van der Waals surface area (Å²) in [7, 11) is 1.78. The van der Waals surface area contributed by atoms with E-state index in [4.69, 9.17) is 11.6 Å². The van der Waals surface area contributed by atoms with E-state index in [2.05, 4.69) is 10.4 Å². The van der Waals surface area contributed by atoms with Gasteiger partial charge in [0.1, 0.15) is 0 Å². The second kappa shape index (κ2) is 6.91. The number of carbonyl (C=O) groups is 2. The van der Waals surface area contributed by atoms with Gasteiger partial charge < -0.3 is 5.32 Å². The van der Waals surface area contributed by atoms with Crippen LogP contribution in [0.3, 0.4) is 0 Å². The number of nitrogens with zero attached hydrogens (tertiary/aromatic N) is 2. The maximum absolute atomic E-state index is 12.4. The summed E-state index contributed by atoms with van der Waals surface area (Å²) in [5, 5.41) is 7.70. The van der Waals surface area contributed by atoms with Crippen molar-refractivity contribution in [2.24, 2.45) is 7.05 Å². The lowest BCUT2D eigenvalue weighted by Crippen LogP contribution is -2.13. The monoisotopic (exact) mass is 353 g/mol. The standard InChI is InChI=1S/C19H16ClN3O2/c1-12(24)13-5-9-16(10-6-13)21-19(25)17-11-18(23(2)22-17)14-3-7-15(20)8-4-14/h3-11H,1-2H3,(H,21,25). The highest BCUT2D eigenvalue weighted by Gasteiger charge is 2.14. The highest BCUT2D eigenvalue weighted by molar-refractivity contribution is 6.30. The first-order valence-electron chi connectivity index (χ1n) is 7.66. The molecule has 1 heterocycles. The molecule has 1 aromatic heterocycles. The summed E-state index contributed by atoms with van der Waals surface area (Å²) in [6.07, 6.45) is 0. The largest absolute Gasteiger partial charge is 0.321 e. The van der Waals surface area contributed by atoms with Crippen LogP contribution in [0.15, 0.2) is 54.6 Å². The van der Waals surface area contributed by atoms with E-state index in [-0.39, 0.29) is 11.7 Å². The van der Waals surface area contributed by atoms with Gasteiger partial charge in [-0.3, -0.25) is 14.3 Å². The first kappa shape index (κ1) is 16.9. The van der Waals surface area contributed by atoms with Crippen LogP contribution in [0.1, 0.15) is 27.8 Å². The molecule has 0 saturated heterocycles. The highest BCUT2D eigenvalue weighted by Crippen LogP contribution is 2.22. The minimum absolute atomic E-state index is 0.0183. The zero-order valence-corrected chi connectivity index (χ0v) is 14.5. The lowest BCUT2D eigenvalue weighted by atomic mass is 10.1. The van der Waals surface area contributed by atoms with Crippen LogP contribution in [-0.4, -0.2) is 21.5 Å². The number of halogens is 1. The first-order chi connectivity index (χ1) is 11.9. The van der Waals surface area contributed by atoms with Crippen molar-refractivity contribution in [3.8, 4) is 11.3 Å². The summed E-state index contributed by atoms with van der Waals surface area (Å²) in [5.41, 5.74) is 3.25. The fraction of sp³-hybridized carbons (Fsp3) is 0.105. The molecule has 0 atom stereocenters. The molecule has 0 bridgehead atoms. The van der Waals surface area contributed by atoms with Crippen molar-refractivity contribution >= 4 is 29.0 Å². The maximum Gasteiger partial charge on any atom is 0.276 e. The van der Waals surface area contributed by atoms with Gasteiger partial charge in [0.15, 0.2) is 11.5 Å². The van der Waals surface area contributed by atoms with E-state index in [1.165, 1.54) is 6.92 Å². The zero-order chi connectivity index (χ0) is 18.0. The summed E-state index contributed by atoms with van der Waals surface area (Å²) < 4.78 is 1.65. The predicted molar refractivity (Wildman–Crippen MR) is 98.1 cm³/mol. The van der Waals surface area contributed by atoms with Gasteiger partial charge in [-0.1, -0.05) is 23.7 Å². The lowest BCUT2D eigenvalue weighted by Gasteiger charge is -2.03. The molecule has 25 heavy (non-hydrogen) atoms. The van der Waals surface area contributed by atoms with Crippen molar-refractivity contribution in [1.29, 1.82) is 0 Å². The third-order valence-corrected chi connectivity index (χ3v) is 4.05. The minimum atomic E-state index is -0.314. The number of aromatic nitrogens is 2. The second-order valence-electron chi connectivity index (χ2n) is 5.63. The van der Waals surface area contributed by atoms with E-state index in [0.29, 0.717) is 22.0 Å². The molecule has 1 amide bonds. The Balaban J connectivity index is 1.80. The van der Waals surface area contributed by atoms with Crippen LogP contribution >= 0.6 is 11.6 Å². The number of nitrogens with one attached hydrogen (secondary N) is 1. The number of aryl methyl sites for hydroxylation is 1. The van der Waals surface area contributed by atoms with Gasteiger partial charge in [0, 0.05) is 23.3 Å². The normalized spacial score (nSPS) is 10.5. The van der Waals surface area contributed by atoms with Crippen LogP contribution < -0.4 is 5.32 Å². The van der Waals surface area contributed by atoms with Gasteiger partial charge in [0.2, 0.25) is 0 Å². The smallest absolute Gasteiger partial charge is 0.276 e. The van der Waals surface area contributed by atoms with Crippen LogP contribution in [0.2, 0.25) is 5.02 Å². The Bertz CT molecular complexity index is 928. The molecule has 6 heteroatoms. The van der Waals surface area contributed by atoms with Crippen LogP contribution in [0.4, 0.5) is 5.69 Å². The van der Waals surface area contributed by atoms with Gasteiger partial charge in [0.05, 0.1) is 5.69 Å². The molecule has 2 aromatic carbocycles. The molecule has 0 spiro atoms. The van der Waals surface area contributed by atoms with Gasteiger partial charge in [-0.25, -0.2) is 0 Å². The van der Waals surface area contributed by atoms with E-state index in [0.717, 1.165) is 11.3 Å². The highest BCUT2D eigenvalue weighted by atomic mass is 35.5. The fourth-order valence-corrected chi connectivity index (χ4v) is 2.58. The molecule has 0 unspecified atom stereocenters. The fourth-order valence-electron chi connectivity index (χ4n) is 2.45. The Hall–Kier alpha value is -2.92. The van der Waals surface area contributed by atoms with Crippen LogP contribution in [-0.2, 0) is 7.05 Å². The van der Waals surface area contributed by atoms with Crippen LogP contribution in [0.25, 0.3) is 11.3 Å². The summed E-state index contributed by atoms with van der Waals surface area (Å²) in [4.78, 5) is 23.7. The minimum Gasteiger partial charge on any atom is -0.321 e. The number of amides is 1. The van der Waals surface area contributed by atoms with E-state index in [1.54, 1.807) is 54.2 Å².